The summed E-state index contributed by atoms with van der Waals surface area (Å²) in [6.45, 7) is 2.72. The van der Waals surface area contributed by atoms with Crippen molar-refractivity contribution in [3.63, 3.8) is 0 Å². The van der Waals surface area contributed by atoms with Gasteiger partial charge in [-0.3, -0.25) is 34.7 Å². The highest BCUT2D eigenvalue weighted by atomic mass is 32.1. The molecule has 15 heteroatoms. The van der Waals surface area contributed by atoms with Crippen molar-refractivity contribution in [1.82, 2.24) is 4.90 Å². The number of nitrogens with two attached hydrogens (primary N) is 2. The molecular formula is C26H31N7O7S. The predicted octanol–water partition coefficient (Wildman–Crippen LogP) is 4.18. The number of aldehydes is 1. The second kappa shape index (κ2) is 14.9. The van der Waals surface area contributed by atoms with Gasteiger partial charge in [0.15, 0.2) is 5.00 Å². The highest BCUT2D eigenvalue weighted by Crippen LogP contribution is 2.36. The molecule has 0 bridgehead atoms. The van der Waals surface area contributed by atoms with Gasteiger partial charge < -0.3 is 26.5 Å². The van der Waals surface area contributed by atoms with Crippen molar-refractivity contribution in [3.8, 4) is 0 Å². The number of unbranched alkanes of at least 4 members (excludes halogenated alkanes) is 1. The Bertz CT molecular complexity index is 1390. The molecule has 0 radical (unpaired) electrons. The van der Waals surface area contributed by atoms with Gasteiger partial charge in [-0.15, -0.1) is 0 Å². The Morgan fingerprint density at radius 2 is 1.59 bits per heavy atom. The van der Waals surface area contributed by atoms with Crippen LogP contribution >= 0.6 is 11.3 Å². The molecule has 0 saturated carbocycles. The summed E-state index contributed by atoms with van der Waals surface area (Å²) >= 11 is 0.588. The van der Waals surface area contributed by atoms with Gasteiger partial charge in [0.25, 0.3) is 11.8 Å². The Hall–Kier alpha value is -5.05. The second-order valence-electron chi connectivity index (χ2n) is 8.54. The van der Waals surface area contributed by atoms with Crippen molar-refractivity contribution < 1.29 is 24.2 Å². The van der Waals surface area contributed by atoms with E-state index in [-0.39, 0.29) is 21.8 Å². The first kappa shape index (κ1) is 32.2. The topological polar surface area (TPSA) is 208 Å². The Morgan fingerprint density at radius 1 is 1.00 bits per heavy atom. The molecule has 14 nitrogen and oxygen atoms in total. The molecule has 4 rings (SSSR count). The molecule has 0 saturated heterocycles. The minimum atomic E-state index is -0.751. The van der Waals surface area contributed by atoms with E-state index in [1.807, 2.05) is 32.3 Å². The molecule has 1 aliphatic heterocycles. The molecule has 2 aromatic carbocycles. The lowest BCUT2D eigenvalue weighted by Crippen LogP contribution is -2.31. The number of fused-ring (bicyclic) bond motifs is 1. The number of anilines is 4. The minimum Gasteiger partial charge on any atom is -0.397 e. The first-order valence-electron chi connectivity index (χ1n) is 12.3. The molecule has 3 aromatic rings. The molecule has 0 atom stereocenters. The zero-order valence-corrected chi connectivity index (χ0v) is 23.6. The third kappa shape index (κ3) is 8.22. The highest BCUT2D eigenvalue weighted by molar-refractivity contribution is 7.19. The van der Waals surface area contributed by atoms with Crippen LogP contribution in [0, 0.1) is 20.2 Å². The summed E-state index contributed by atoms with van der Waals surface area (Å²) < 4.78 is 0. The molecule has 2 heterocycles. The molecule has 218 valence electrons. The summed E-state index contributed by atoms with van der Waals surface area (Å²) in [5.41, 5.74) is 14.4. The van der Waals surface area contributed by atoms with Gasteiger partial charge in [-0.1, -0.05) is 12.1 Å². The summed E-state index contributed by atoms with van der Waals surface area (Å²) in [4.78, 5) is 55.8. The first-order valence-corrected chi connectivity index (χ1v) is 13.1. The number of imide groups is 1. The van der Waals surface area contributed by atoms with Gasteiger partial charge in [0.1, 0.15) is 12.4 Å². The molecule has 1 aromatic heterocycles. The van der Waals surface area contributed by atoms with Crippen molar-refractivity contribution in [1.29, 1.82) is 0 Å². The minimum absolute atomic E-state index is 0.147. The number of amides is 2. The Labute approximate surface area is 239 Å². The van der Waals surface area contributed by atoms with E-state index >= 15 is 0 Å². The lowest BCUT2D eigenvalue weighted by Gasteiger charge is -2.21. The van der Waals surface area contributed by atoms with Gasteiger partial charge in [0, 0.05) is 32.9 Å². The van der Waals surface area contributed by atoms with Gasteiger partial charge in [-0.25, -0.2) is 0 Å². The van der Waals surface area contributed by atoms with Crippen molar-refractivity contribution in [2.24, 2.45) is 0 Å². The summed E-state index contributed by atoms with van der Waals surface area (Å²) in [5, 5.41) is 22.9. The molecular weight excluding hydrogens is 554 g/mol. The number of nitrogens with one attached hydrogen (secondary N) is 1. The number of nitrogen functional groups attached to an aromatic ring is 2. The summed E-state index contributed by atoms with van der Waals surface area (Å²) in [6, 6.07) is 13.7. The van der Waals surface area contributed by atoms with Crippen molar-refractivity contribution >= 4 is 62.2 Å². The van der Waals surface area contributed by atoms with Crippen LogP contribution in [0.15, 0.2) is 48.5 Å². The largest absolute Gasteiger partial charge is 0.397 e. The van der Waals surface area contributed by atoms with Gasteiger partial charge in [0.05, 0.1) is 32.3 Å². The number of hydrogen-bond donors (Lipinski definition) is 3. The van der Waals surface area contributed by atoms with Crippen molar-refractivity contribution in [2.75, 3.05) is 48.9 Å². The number of nitro groups is 2. The zero-order valence-electron chi connectivity index (χ0n) is 22.7. The van der Waals surface area contributed by atoms with Gasteiger partial charge in [-0.05, 0) is 61.4 Å². The van der Waals surface area contributed by atoms with E-state index in [2.05, 4.69) is 10.2 Å². The zero-order chi connectivity index (χ0) is 30.7. The first-order chi connectivity index (χ1) is 19.5. The van der Waals surface area contributed by atoms with Crippen LogP contribution in [-0.2, 0) is 4.79 Å². The maximum Gasteiger partial charge on any atom is 0.333 e. The van der Waals surface area contributed by atoms with Crippen LogP contribution in [0.4, 0.5) is 32.8 Å². The maximum absolute atomic E-state index is 12.3. The van der Waals surface area contributed by atoms with E-state index < -0.39 is 15.5 Å². The predicted molar refractivity (Wildman–Crippen MR) is 158 cm³/mol. The highest BCUT2D eigenvalue weighted by Gasteiger charge is 2.34. The van der Waals surface area contributed by atoms with Crippen LogP contribution < -0.4 is 21.7 Å². The molecule has 41 heavy (non-hydrogen) atoms. The number of carbonyl (C=O) groups is 3. The van der Waals surface area contributed by atoms with Gasteiger partial charge >= 0.3 is 10.7 Å². The molecule has 0 unspecified atom stereocenters. The quantitative estimate of drug-likeness (QED) is 0.0810. The molecule has 0 fully saturated rings. The maximum atomic E-state index is 12.3. The van der Waals surface area contributed by atoms with E-state index in [1.54, 1.807) is 24.3 Å². The summed E-state index contributed by atoms with van der Waals surface area (Å²) in [6.07, 6.45) is 2.40. The number of thiophene rings is 1. The lowest BCUT2D eigenvalue weighted by atomic mass is 10.1. The Morgan fingerprint density at radius 3 is 2.05 bits per heavy atom. The van der Waals surface area contributed by atoms with Gasteiger partial charge in [0.2, 0.25) is 0 Å². The third-order valence-electron chi connectivity index (χ3n) is 5.85. The van der Waals surface area contributed by atoms with Crippen molar-refractivity contribution in [3.05, 3.63) is 79.9 Å². The molecule has 2 amide bonds. The van der Waals surface area contributed by atoms with E-state index in [4.69, 9.17) is 16.3 Å². The lowest BCUT2D eigenvalue weighted by molar-refractivity contribution is -0.389. The van der Waals surface area contributed by atoms with Crippen LogP contribution in [0.2, 0.25) is 0 Å². The van der Waals surface area contributed by atoms with Crippen molar-refractivity contribution in [2.45, 2.75) is 19.8 Å². The van der Waals surface area contributed by atoms with Crippen LogP contribution in [0.1, 0.15) is 40.5 Å². The average molecular weight is 586 g/mol. The number of benzene rings is 2. The Balaban J connectivity index is 0.000000327. The standard InChI is InChI=1S/C20H24N4O2.C4H3N3O4S.C2H4O/c1-22-18-13-14(9-10-17(18)21)23(2)11-5-6-12-24-19(25)15-7-3-4-8-16(15)20(24)26;5-4-2(6(8)9)1-3(12-4)7(10)11;1-2-3/h3-4,7-10,13,22H,5-6,11-12,21H2,1-2H3;1H,5H2;2H,1H3. The molecule has 0 spiro atoms. The third-order valence-corrected chi connectivity index (χ3v) is 6.76. The summed E-state index contributed by atoms with van der Waals surface area (Å²) in [5.74, 6) is -0.368. The summed E-state index contributed by atoms with van der Waals surface area (Å²) in [7, 11) is 3.87. The fourth-order valence-electron chi connectivity index (χ4n) is 3.80. The molecule has 0 aliphatic carbocycles. The normalized spacial score (nSPS) is 11.4. The second-order valence-corrected chi connectivity index (χ2v) is 9.60. The monoisotopic (exact) mass is 585 g/mol. The van der Waals surface area contributed by atoms with E-state index in [1.165, 1.54) is 11.8 Å². The van der Waals surface area contributed by atoms with E-state index in [0.717, 1.165) is 48.8 Å². The number of rotatable bonds is 9. The average Bonchev–Trinajstić information content (AvgIpc) is 3.45. The molecule has 1 aliphatic rings. The van der Waals surface area contributed by atoms with Crippen LogP contribution in [0.3, 0.4) is 0 Å². The number of carbonyl (C=O) groups excluding carboxylic acids is 3. The Kier molecular flexibility index (Phi) is 11.7. The van der Waals surface area contributed by atoms with E-state index in [0.29, 0.717) is 29.0 Å². The van der Waals surface area contributed by atoms with Crippen LogP contribution in [0.25, 0.3) is 0 Å². The number of hydrogen-bond acceptors (Lipinski definition) is 12. The van der Waals surface area contributed by atoms with Gasteiger partial charge in [-0.2, -0.15) is 0 Å². The molecule has 5 N–H and O–H groups in total. The fourth-order valence-corrected chi connectivity index (χ4v) is 4.51. The van der Waals surface area contributed by atoms with Crippen LogP contribution in [-0.4, -0.2) is 60.0 Å². The number of nitrogens with zero attached hydrogens (tertiary/aromatic N) is 4. The van der Waals surface area contributed by atoms with Crippen LogP contribution in [0.5, 0.6) is 0 Å². The fraction of sp³-hybridized carbons (Fsp3) is 0.269. The van der Waals surface area contributed by atoms with E-state index in [9.17, 15) is 29.8 Å². The SMILES string of the molecule is CC=O.CNc1cc(N(C)CCCCN2C(=O)c3ccccc3C2=O)ccc1N.Nc1sc([N+](=O)[O-])cc1[N+](=O)[O-]. The smallest absolute Gasteiger partial charge is 0.333 e.